The molecule has 2 heterocycles. The number of nitro benzene ring substituents is 2. The SMILES string of the molecule is O=[N+]([O-])c1cccc([C@H]2O[C@H]3CCCN3[C@@H]2c2cccc([N+](=O)[O-])c2)c1. The molecule has 2 aliphatic rings. The summed E-state index contributed by atoms with van der Waals surface area (Å²) in [5.41, 5.74) is 1.55. The van der Waals surface area contributed by atoms with Crippen molar-refractivity contribution in [1.29, 1.82) is 0 Å². The predicted octanol–water partition coefficient (Wildman–Crippen LogP) is 3.74. The molecule has 2 aromatic carbocycles. The first-order valence-electron chi connectivity index (χ1n) is 8.44. The smallest absolute Gasteiger partial charge is 0.269 e. The fraction of sp³-hybridized carbons (Fsp3) is 0.333. The molecule has 2 fully saturated rings. The predicted molar refractivity (Wildman–Crippen MR) is 92.5 cm³/mol. The van der Waals surface area contributed by atoms with Crippen LogP contribution in [0.3, 0.4) is 0 Å². The van der Waals surface area contributed by atoms with E-state index in [2.05, 4.69) is 4.90 Å². The summed E-state index contributed by atoms with van der Waals surface area (Å²) in [5, 5.41) is 22.3. The first-order valence-corrected chi connectivity index (χ1v) is 8.44. The molecule has 0 spiro atoms. The molecular weight excluding hydrogens is 338 g/mol. The highest BCUT2D eigenvalue weighted by Gasteiger charge is 2.46. The van der Waals surface area contributed by atoms with Crippen molar-refractivity contribution in [2.75, 3.05) is 6.54 Å². The second-order valence-electron chi connectivity index (χ2n) is 6.54. The Bertz CT molecular complexity index is 871. The second kappa shape index (κ2) is 6.47. The Balaban J connectivity index is 1.76. The molecule has 2 saturated heterocycles. The Morgan fingerprint density at radius 2 is 1.58 bits per heavy atom. The summed E-state index contributed by atoms with van der Waals surface area (Å²) < 4.78 is 6.21. The van der Waals surface area contributed by atoms with Crippen LogP contribution >= 0.6 is 0 Å². The lowest BCUT2D eigenvalue weighted by molar-refractivity contribution is -0.385. The van der Waals surface area contributed by atoms with Gasteiger partial charge in [-0.05, 0) is 24.0 Å². The van der Waals surface area contributed by atoms with E-state index in [4.69, 9.17) is 4.74 Å². The minimum atomic E-state index is -0.429. The van der Waals surface area contributed by atoms with Gasteiger partial charge in [-0.15, -0.1) is 0 Å². The number of hydrogen-bond donors (Lipinski definition) is 0. The molecule has 0 saturated carbocycles. The molecular formula is C18H17N3O5. The van der Waals surface area contributed by atoms with Crippen molar-refractivity contribution in [3.8, 4) is 0 Å². The summed E-state index contributed by atoms with van der Waals surface area (Å²) >= 11 is 0. The van der Waals surface area contributed by atoms with Gasteiger partial charge >= 0.3 is 0 Å². The van der Waals surface area contributed by atoms with E-state index in [0.29, 0.717) is 5.56 Å². The van der Waals surface area contributed by atoms with Gasteiger partial charge in [0.25, 0.3) is 11.4 Å². The zero-order valence-corrected chi connectivity index (χ0v) is 13.9. The monoisotopic (exact) mass is 355 g/mol. The topological polar surface area (TPSA) is 98.8 Å². The van der Waals surface area contributed by atoms with Crippen LogP contribution in [0.15, 0.2) is 48.5 Å². The van der Waals surface area contributed by atoms with Crippen molar-refractivity contribution in [3.05, 3.63) is 79.9 Å². The van der Waals surface area contributed by atoms with Crippen LogP contribution in [-0.4, -0.2) is 27.5 Å². The van der Waals surface area contributed by atoms with Crippen molar-refractivity contribution >= 4 is 11.4 Å². The highest BCUT2D eigenvalue weighted by Crippen LogP contribution is 2.48. The summed E-state index contributed by atoms with van der Waals surface area (Å²) in [6, 6.07) is 12.8. The van der Waals surface area contributed by atoms with E-state index < -0.39 is 16.0 Å². The molecule has 0 bridgehead atoms. The number of benzene rings is 2. The van der Waals surface area contributed by atoms with Gasteiger partial charge in [-0.1, -0.05) is 24.3 Å². The van der Waals surface area contributed by atoms with Crippen LogP contribution in [-0.2, 0) is 4.74 Å². The third kappa shape index (κ3) is 2.83. The van der Waals surface area contributed by atoms with Crippen LogP contribution in [0.1, 0.15) is 36.1 Å². The molecule has 0 amide bonds. The molecule has 134 valence electrons. The summed E-state index contributed by atoms with van der Waals surface area (Å²) in [6.45, 7) is 0.837. The Kier molecular flexibility index (Phi) is 4.14. The first kappa shape index (κ1) is 16.6. The lowest BCUT2D eigenvalue weighted by atomic mass is 9.95. The van der Waals surface area contributed by atoms with Gasteiger partial charge in [-0.3, -0.25) is 25.1 Å². The van der Waals surface area contributed by atoms with E-state index in [1.54, 1.807) is 18.2 Å². The second-order valence-corrected chi connectivity index (χ2v) is 6.54. The van der Waals surface area contributed by atoms with Gasteiger partial charge in [-0.25, -0.2) is 0 Å². The van der Waals surface area contributed by atoms with Crippen molar-refractivity contribution < 1.29 is 14.6 Å². The van der Waals surface area contributed by atoms with E-state index in [-0.39, 0.29) is 23.6 Å². The highest BCUT2D eigenvalue weighted by molar-refractivity contribution is 5.40. The minimum Gasteiger partial charge on any atom is -0.353 e. The number of hydrogen-bond acceptors (Lipinski definition) is 6. The quantitative estimate of drug-likeness (QED) is 0.612. The van der Waals surface area contributed by atoms with Crippen molar-refractivity contribution in [3.63, 3.8) is 0 Å². The van der Waals surface area contributed by atoms with Gasteiger partial charge < -0.3 is 4.74 Å². The molecule has 0 N–H and O–H groups in total. The first-order chi connectivity index (χ1) is 12.5. The molecule has 8 nitrogen and oxygen atoms in total. The molecule has 8 heteroatoms. The zero-order valence-electron chi connectivity index (χ0n) is 13.9. The Hall–Kier alpha value is -2.84. The number of rotatable bonds is 4. The fourth-order valence-electron chi connectivity index (χ4n) is 3.91. The maximum Gasteiger partial charge on any atom is 0.269 e. The van der Waals surface area contributed by atoms with Gasteiger partial charge in [0.15, 0.2) is 0 Å². The normalized spacial score (nSPS) is 25.2. The van der Waals surface area contributed by atoms with Crippen LogP contribution in [0.2, 0.25) is 0 Å². The van der Waals surface area contributed by atoms with Gasteiger partial charge in [0, 0.05) is 30.8 Å². The minimum absolute atomic E-state index is 0.0101. The van der Waals surface area contributed by atoms with Crippen LogP contribution in [0.25, 0.3) is 0 Å². The summed E-state index contributed by atoms with van der Waals surface area (Å²) in [7, 11) is 0. The maximum absolute atomic E-state index is 11.2. The van der Waals surface area contributed by atoms with Gasteiger partial charge in [-0.2, -0.15) is 0 Å². The highest BCUT2D eigenvalue weighted by atomic mass is 16.6. The lowest BCUT2D eigenvalue weighted by Gasteiger charge is -2.25. The molecule has 26 heavy (non-hydrogen) atoms. The Morgan fingerprint density at radius 1 is 0.962 bits per heavy atom. The van der Waals surface area contributed by atoms with Gasteiger partial charge in [0.2, 0.25) is 0 Å². The number of ether oxygens (including phenoxy) is 1. The zero-order chi connectivity index (χ0) is 18.3. The van der Waals surface area contributed by atoms with Crippen molar-refractivity contribution in [1.82, 2.24) is 4.90 Å². The number of fused-ring (bicyclic) bond motifs is 1. The van der Waals surface area contributed by atoms with E-state index in [0.717, 1.165) is 24.9 Å². The van der Waals surface area contributed by atoms with E-state index in [1.807, 2.05) is 12.1 Å². The average Bonchev–Trinajstić information content (AvgIpc) is 3.22. The Labute approximate surface area is 149 Å². The molecule has 3 atom stereocenters. The summed E-state index contributed by atoms with van der Waals surface area (Å²) in [4.78, 5) is 23.6. The van der Waals surface area contributed by atoms with Crippen LogP contribution in [0, 0.1) is 20.2 Å². The summed E-state index contributed by atoms with van der Waals surface area (Å²) in [5.74, 6) is 0. The maximum atomic E-state index is 11.2. The average molecular weight is 355 g/mol. The molecule has 4 rings (SSSR count). The van der Waals surface area contributed by atoms with E-state index in [9.17, 15) is 20.2 Å². The largest absolute Gasteiger partial charge is 0.353 e. The number of nitro groups is 2. The van der Waals surface area contributed by atoms with Gasteiger partial charge in [0.1, 0.15) is 12.3 Å². The molecule has 0 aliphatic carbocycles. The van der Waals surface area contributed by atoms with Crippen LogP contribution in [0.5, 0.6) is 0 Å². The van der Waals surface area contributed by atoms with Gasteiger partial charge in [0.05, 0.1) is 15.9 Å². The number of nitrogens with zero attached hydrogens (tertiary/aromatic N) is 3. The van der Waals surface area contributed by atoms with E-state index in [1.165, 1.54) is 18.2 Å². The van der Waals surface area contributed by atoms with Crippen LogP contribution in [0.4, 0.5) is 11.4 Å². The summed E-state index contributed by atoms with van der Waals surface area (Å²) in [6.07, 6.45) is 1.42. The molecule has 0 radical (unpaired) electrons. The van der Waals surface area contributed by atoms with Crippen LogP contribution < -0.4 is 0 Å². The molecule has 2 aliphatic heterocycles. The van der Waals surface area contributed by atoms with Crippen molar-refractivity contribution in [2.45, 2.75) is 31.2 Å². The number of non-ortho nitro benzene ring substituents is 2. The molecule has 0 unspecified atom stereocenters. The standard InChI is InChI=1S/C18H17N3O5/c22-20(23)14-6-1-4-12(10-14)17-18(26-16-8-3-9-19(16)17)13-5-2-7-15(11-13)21(24)25/h1-2,4-7,10-11,16-18H,3,8-9H2/t16-,17+,18+/m0/s1. The molecule has 0 aromatic heterocycles. The van der Waals surface area contributed by atoms with E-state index >= 15 is 0 Å². The van der Waals surface area contributed by atoms with Crippen molar-refractivity contribution in [2.24, 2.45) is 0 Å². The third-order valence-electron chi connectivity index (χ3n) is 5.02. The lowest BCUT2D eigenvalue weighted by Crippen LogP contribution is -2.26. The Morgan fingerprint density at radius 3 is 2.23 bits per heavy atom. The fourth-order valence-corrected chi connectivity index (χ4v) is 3.91. The third-order valence-corrected chi connectivity index (χ3v) is 5.02. The molecule has 2 aromatic rings.